The average Bonchev–Trinajstić information content (AvgIpc) is 2.06. The molecule has 0 saturated heterocycles. The number of hydrogen-bond acceptors (Lipinski definition) is 2. The molecule has 1 aliphatic heterocycles. The Morgan fingerprint density at radius 1 is 1.73 bits per heavy atom. The summed E-state index contributed by atoms with van der Waals surface area (Å²) in [5.74, 6) is 0.773. The Kier molecular flexibility index (Phi) is 2.78. The van der Waals surface area contributed by atoms with Gasteiger partial charge in [-0.1, -0.05) is 18.2 Å². The highest BCUT2D eigenvalue weighted by Gasteiger charge is 2.03. The third kappa shape index (κ3) is 1.87. The Labute approximate surface area is 67.1 Å². The molecule has 1 aliphatic rings. The van der Waals surface area contributed by atoms with Crippen LogP contribution in [0.2, 0.25) is 0 Å². The number of aliphatic imine (C=N–C) groups is 2. The van der Waals surface area contributed by atoms with Crippen LogP contribution in [-0.2, 0) is 0 Å². The number of allylic oxidation sites excluding steroid dienone is 1. The second kappa shape index (κ2) is 3.86. The number of amidine groups is 1. The van der Waals surface area contributed by atoms with Crippen LogP contribution in [0.1, 0.15) is 13.3 Å². The normalized spacial score (nSPS) is 17.9. The first-order valence-electron chi connectivity index (χ1n) is 3.73. The fourth-order valence-electron chi connectivity index (χ4n) is 1.04. The van der Waals surface area contributed by atoms with Gasteiger partial charge in [0.15, 0.2) is 5.84 Å². The summed E-state index contributed by atoms with van der Waals surface area (Å²) in [6, 6.07) is 0. The molecule has 0 saturated carbocycles. The van der Waals surface area contributed by atoms with Crippen LogP contribution < -0.4 is 0 Å². The first-order valence-corrected chi connectivity index (χ1v) is 3.73. The SMILES string of the molecule is C=NC1=NCCC=C1/C=C\C. The van der Waals surface area contributed by atoms with Gasteiger partial charge < -0.3 is 0 Å². The zero-order valence-electron chi connectivity index (χ0n) is 6.75. The van der Waals surface area contributed by atoms with E-state index in [1.165, 1.54) is 0 Å². The highest BCUT2D eigenvalue weighted by molar-refractivity contribution is 6.03. The van der Waals surface area contributed by atoms with Crippen LogP contribution in [0.5, 0.6) is 0 Å². The molecule has 58 valence electrons. The molecular weight excluding hydrogens is 136 g/mol. The van der Waals surface area contributed by atoms with Gasteiger partial charge in [0.05, 0.1) is 0 Å². The standard InChI is InChI=1S/C9H12N2/c1-3-5-8-6-4-7-11-9(8)10-2/h3,5-6H,2,4,7H2,1H3/b5-3-. The molecular formula is C9H12N2. The maximum atomic E-state index is 4.22. The lowest BCUT2D eigenvalue weighted by Crippen LogP contribution is -2.03. The molecule has 0 aliphatic carbocycles. The largest absolute Gasteiger partial charge is 0.266 e. The molecule has 0 atom stereocenters. The minimum Gasteiger partial charge on any atom is -0.266 e. The van der Waals surface area contributed by atoms with Crippen LogP contribution in [0, 0.1) is 0 Å². The summed E-state index contributed by atoms with van der Waals surface area (Å²) in [6.07, 6.45) is 7.14. The van der Waals surface area contributed by atoms with E-state index in [9.17, 15) is 0 Å². The van der Waals surface area contributed by atoms with Crippen LogP contribution in [-0.4, -0.2) is 19.1 Å². The van der Waals surface area contributed by atoms with Gasteiger partial charge in [-0.3, -0.25) is 4.99 Å². The fraction of sp³-hybridized carbons (Fsp3) is 0.333. The van der Waals surface area contributed by atoms with Crippen molar-refractivity contribution >= 4 is 12.6 Å². The van der Waals surface area contributed by atoms with E-state index in [-0.39, 0.29) is 0 Å². The third-order valence-corrected chi connectivity index (χ3v) is 1.51. The summed E-state index contributed by atoms with van der Waals surface area (Å²) >= 11 is 0. The molecule has 0 aromatic carbocycles. The molecule has 0 bridgehead atoms. The van der Waals surface area contributed by atoms with Crippen LogP contribution in [0.25, 0.3) is 0 Å². The first kappa shape index (κ1) is 7.92. The van der Waals surface area contributed by atoms with Crippen LogP contribution in [0.3, 0.4) is 0 Å². The molecule has 0 amide bonds. The smallest absolute Gasteiger partial charge is 0.153 e. The van der Waals surface area contributed by atoms with Gasteiger partial charge in [0.1, 0.15) is 0 Å². The van der Waals surface area contributed by atoms with E-state index >= 15 is 0 Å². The quantitative estimate of drug-likeness (QED) is 0.508. The van der Waals surface area contributed by atoms with Gasteiger partial charge in [-0.2, -0.15) is 0 Å². The predicted molar refractivity (Wildman–Crippen MR) is 49.4 cm³/mol. The summed E-state index contributed by atoms with van der Waals surface area (Å²) in [6.45, 7) is 6.29. The summed E-state index contributed by atoms with van der Waals surface area (Å²) in [5.41, 5.74) is 1.09. The lowest BCUT2D eigenvalue weighted by molar-refractivity contribution is 0.980. The summed E-state index contributed by atoms with van der Waals surface area (Å²) in [7, 11) is 0. The second-order valence-electron chi connectivity index (χ2n) is 2.31. The highest BCUT2D eigenvalue weighted by atomic mass is 14.9. The van der Waals surface area contributed by atoms with E-state index in [0.29, 0.717) is 0 Å². The lowest BCUT2D eigenvalue weighted by Gasteiger charge is -2.06. The van der Waals surface area contributed by atoms with E-state index in [0.717, 1.165) is 24.4 Å². The Hall–Kier alpha value is -1.18. The van der Waals surface area contributed by atoms with Gasteiger partial charge in [0, 0.05) is 12.1 Å². The molecule has 0 fully saturated rings. The molecule has 0 N–H and O–H groups in total. The molecule has 1 rings (SSSR count). The average molecular weight is 148 g/mol. The third-order valence-electron chi connectivity index (χ3n) is 1.51. The topological polar surface area (TPSA) is 24.7 Å². The number of hydrogen-bond donors (Lipinski definition) is 0. The maximum absolute atomic E-state index is 4.22. The molecule has 1 heterocycles. The molecule has 2 heteroatoms. The monoisotopic (exact) mass is 148 g/mol. The zero-order valence-corrected chi connectivity index (χ0v) is 6.75. The zero-order chi connectivity index (χ0) is 8.10. The number of dihydropyridines is 1. The van der Waals surface area contributed by atoms with Crippen molar-refractivity contribution in [3.05, 3.63) is 23.8 Å². The first-order chi connectivity index (χ1) is 5.38. The summed E-state index contributed by atoms with van der Waals surface area (Å²) < 4.78 is 0. The van der Waals surface area contributed by atoms with Crippen molar-refractivity contribution in [1.29, 1.82) is 0 Å². The van der Waals surface area contributed by atoms with Gasteiger partial charge in [0.2, 0.25) is 0 Å². The van der Waals surface area contributed by atoms with Crippen molar-refractivity contribution in [2.75, 3.05) is 6.54 Å². The van der Waals surface area contributed by atoms with Crippen molar-refractivity contribution < 1.29 is 0 Å². The molecule has 0 aromatic heterocycles. The van der Waals surface area contributed by atoms with Crippen molar-refractivity contribution in [1.82, 2.24) is 0 Å². The molecule has 0 radical (unpaired) electrons. The molecule has 2 nitrogen and oxygen atoms in total. The minimum atomic E-state index is 0.773. The summed E-state index contributed by atoms with van der Waals surface area (Å²) in [4.78, 5) is 8.04. The number of nitrogens with zero attached hydrogens (tertiary/aromatic N) is 2. The number of rotatable bonds is 1. The maximum Gasteiger partial charge on any atom is 0.153 e. The Balaban J connectivity index is 2.83. The van der Waals surface area contributed by atoms with Crippen molar-refractivity contribution in [3.8, 4) is 0 Å². The molecule has 11 heavy (non-hydrogen) atoms. The van der Waals surface area contributed by atoms with Crippen molar-refractivity contribution in [2.24, 2.45) is 9.98 Å². The van der Waals surface area contributed by atoms with Crippen LogP contribution >= 0.6 is 0 Å². The van der Waals surface area contributed by atoms with E-state index in [2.05, 4.69) is 22.8 Å². The van der Waals surface area contributed by atoms with Gasteiger partial charge in [0.25, 0.3) is 0 Å². The van der Waals surface area contributed by atoms with Gasteiger partial charge >= 0.3 is 0 Å². The van der Waals surface area contributed by atoms with E-state index in [1.54, 1.807) is 0 Å². The van der Waals surface area contributed by atoms with E-state index in [4.69, 9.17) is 0 Å². The van der Waals surface area contributed by atoms with Gasteiger partial charge in [-0.05, 0) is 20.1 Å². The molecule has 0 aromatic rings. The fourth-order valence-corrected chi connectivity index (χ4v) is 1.04. The van der Waals surface area contributed by atoms with Gasteiger partial charge in [-0.25, -0.2) is 4.99 Å². The summed E-state index contributed by atoms with van der Waals surface area (Å²) in [5, 5.41) is 0. The Morgan fingerprint density at radius 2 is 2.55 bits per heavy atom. The molecule has 0 unspecified atom stereocenters. The minimum absolute atomic E-state index is 0.773. The second-order valence-corrected chi connectivity index (χ2v) is 2.31. The van der Waals surface area contributed by atoms with E-state index in [1.807, 2.05) is 19.1 Å². The van der Waals surface area contributed by atoms with Crippen LogP contribution in [0.15, 0.2) is 33.8 Å². The Morgan fingerprint density at radius 3 is 3.18 bits per heavy atom. The molecule has 0 spiro atoms. The lowest BCUT2D eigenvalue weighted by atomic mass is 10.1. The van der Waals surface area contributed by atoms with Crippen LogP contribution in [0.4, 0.5) is 0 Å². The predicted octanol–water partition coefficient (Wildman–Crippen LogP) is 1.99. The Bertz CT molecular complexity index is 234. The van der Waals surface area contributed by atoms with Crippen molar-refractivity contribution in [3.63, 3.8) is 0 Å². The highest BCUT2D eigenvalue weighted by Crippen LogP contribution is 2.09. The van der Waals surface area contributed by atoms with E-state index < -0.39 is 0 Å². The van der Waals surface area contributed by atoms with Crippen molar-refractivity contribution in [2.45, 2.75) is 13.3 Å². The van der Waals surface area contributed by atoms with Gasteiger partial charge in [-0.15, -0.1) is 0 Å².